The van der Waals surface area contributed by atoms with E-state index < -0.39 is 33.1 Å². The van der Waals surface area contributed by atoms with Crippen LogP contribution < -0.4 is 4.72 Å². The van der Waals surface area contributed by atoms with E-state index >= 15 is 0 Å². The number of amides is 1. The quantitative estimate of drug-likeness (QED) is 0.790. The minimum atomic E-state index is -3.71. The van der Waals surface area contributed by atoms with Crippen LogP contribution in [0.15, 0.2) is 18.2 Å². The molecule has 0 aliphatic carbocycles. The van der Waals surface area contributed by atoms with Gasteiger partial charge in [-0.05, 0) is 24.6 Å². The lowest BCUT2D eigenvalue weighted by molar-refractivity contribution is -0.157. The number of nitrogens with zero attached hydrogens (tertiary/aromatic N) is 1. The average molecular weight is 386 g/mol. The molecule has 2 heterocycles. The molecular weight excluding hydrogens is 367 g/mol. The second kappa shape index (κ2) is 6.51. The number of ether oxygens (including phenoxy) is 1. The Morgan fingerprint density at radius 1 is 1.42 bits per heavy atom. The molecule has 8 nitrogen and oxygen atoms in total. The molecule has 2 saturated heterocycles. The van der Waals surface area contributed by atoms with Gasteiger partial charge in [0.1, 0.15) is 5.82 Å². The molecule has 0 radical (unpaired) electrons. The molecule has 0 saturated carbocycles. The maximum absolute atomic E-state index is 13.8. The van der Waals surface area contributed by atoms with Crippen LogP contribution in [0.1, 0.15) is 16.8 Å². The number of hydrogen-bond acceptors (Lipinski definition) is 5. The highest BCUT2D eigenvalue weighted by Gasteiger charge is 2.54. The van der Waals surface area contributed by atoms with Crippen LogP contribution in [-0.4, -0.2) is 62.9 Å². The Hall–Kier alpha value is -2.20. The Kier molecular flexibility index (Phi) is 4.65. The molecular formula is C16H19FN2O6S. The van der Waals surface area contributed by atoms with Crippen LogP contribution in [0.3, 0.4) is 0 Å². The molecule has 10 heteroatoms. The smallest absolute Gasteiger partial charge is 0.311 e. The van der Waals surface area contributed by atoms with Gasteiger partial charge in [0.2, 0.25) is 10.0 Å². The molecule has 1 amide bonds. The first-order chi connectivity index (χ1) is 12.1. The standard InChI is InChI=1S/C16H19FN2O6S/c1-26(23,24)18-13-6-10(2-3-12(13)17)14(20)19-7-11-8-25-5-4-16(11,9-19)15(21)22/h2-3,6,11,18H,4-5,7-9H2,1H3,(H,21,22)/t11-,16+/m0/s1. The summed E-state index contributed by atoms with van der Waals surface area (Å²) in [6, 6.07) is 3.36. The molecule has 0 bridgehead atoms. The first kappa shape index (κ1) is 18.6. The number of halogens is 1. The van der Waals surface area contributed by atoms with E-state index in [1.807, 2.05) is 4.72 Å². The van der Waals surface area contributed by atoms with Gasteiger partial charge in [0, 0.05) is 31.2 Å². The van der Waals surface area contributed by atoms with E-state index in [0.29, 0.717) is 13.0 Å². The van der Waals surface area contributed by atoms with Gasteiger partial charge in [-0.3, -0.25) is 14.3 Å². The fraction of sp³-hybridized carbons (Fsp3) is 0.500. The van der Waals surface area contributed by atoms with Gasteiger partial charge in [-0.2, -0.15) is 0 Å². The Labute approximate surface area is 150 Å². The summed E-state index contributed by atoms with van der Waals surface area (Å²) < 4.78 is 43.8. The summed E-state index contributed by atoms with van der Waals surface area (Å²) in [4.78, 5) is 26.0. The maximum Gasteiger partial charge on any atom is 0.311 e. The molecule has 2 N–H and O–H groups in total. The van der Waals surface area contributed by atoms with Gasteiger partial charge in [-0.1, -0.05) is 0 Å². The van der Waals surface area contributed by atoms with E-state index in [2.05, 4.69) is 0 Å². The summed E-state index contributed by atoms with van der Waals surface area (Å²) in [5.74, 6) is -2.56. The number of fused-ring (bicyclic) bond motifs is 1. The molecule has 2 atom stereocenters. The van der Waals surface area contributed by atoms with Crippen molar-refractivity contribution in [1.82, 2.24) is 4.90 Å². The number of nitrogens with one attached hydrogen (secondary N) is 1. The van der Waals surface area contributed by atoms with Gasteiger partial charge >= 0.3 is 5.97 Å². The number of carboxylic acid groups (broad SMARTS) is 1. The molecule has 2 aliphatic heterocycles. The normalized spacial score (nSPS) is 25.6. The predicted molar refractivity (Wildman–Crippen MR) is 89.8 cm³/mol. The number of hydrogen-bond donors (Lipinski definition) is 2. The zero-order valence-corrected chi connectivity index (χ0v) is 14.9. The van der Waals surface area contributed by atoms with Gasteiger partial charge in [0.25, 0.3) is 5.91 Å². The van der Waals surface area contributed by atoms with Crippen LogP contribution in [0.4, 0.5) is 10.1 Å². The SMILES string of the molecule is CS(=O)(=O)Nc1cc(C(=O)N2C[C@H]3COCC[C@@]3(C(=O)O)C2)ccc1F. The van der Waals surface area contributed by atoms with E-state index in [4.69, 9.17) is 4.74 Å². The van der Waals surface area contributed by atoms with Crippen LogP contribution in [0.5, 0.6) is 0 Å². The van der Waals surface area contributed by atoms with E-state index in [-0.39, 0.29) is 36.9 Å². The lowest BCUT2D eigenvalue weighted by atomic mass is 9.74. The lowest BCUT2D eigenvalue weighted by Gasteiger charge is -2.33. The average Bonchev–Trinajstić information content (AvgIpc) is 2.96. The third kappa shape index (κ3) is 3.38. The third-order valence-corrected chi connectivity index (χ3v) is 5.52. The number of carboxylic acids is 1. The molecule has 2 aliphatic rings. The topological polar surface area (TPSA) is 113 Å². The maximum atomic E-state index is 13.8. The highest BCUT2D eigenvalue weighted by molar-refractivity contribution is 7.92. The molecule has 1 aromatic rings. The molecule has 26 heavy (non-hydrogen) atoms. The first-order valence-electron chi connectivity index (χ1n) is 8.00. The largest absolute Gasteiger partial charge is 0.481 e. The highest BCUT2D eigenvalue weighted by Crippen LogP contribution is 2.42. The van der Waals surface area contributed by atoms with Crippen molar-refractivity contribution < 1.29 is 32.2 Å². The molecule has 3 rings (SSSR count). The van der Waals surface area contributed by atoms with Gasteiger partial charge in [0.05, 0.1) is 24.0 Å². The van der Waals surface area contributed by atoms with E-state index in [9.17, 15) is 27.5 Å². The van der Waals surface area contributed by atoms with Gasteiger partial charge in [0.15, 0.2) is 0 Å². The predicted octanol–water partition coefficient (Wildman–Crippen LogP) is 0.761. The third-order valence-electron chi connectivity index (χ3n) is 4.93. The number of rotatable bonds is 4. The minimum absolute atomic E-state index is 0.0431. The summed E-state index contributed by atoms with van der Waals surface area (Å²) in [6.07, 6.45) is 1.20. The number of likely N-dealkylation sites (tertiary alicyclic amines) is 1. The van der Waals surface area contributed by atoms with Gasteiger partial charge < -0.3 is 14.7 Å². The van der Waals surface area contributed by atoms with Crippen molar-refractivity contribution in [3.63, 3.8) is 0 Å². The van der Waals surface area contributed by atoms with Crippen LogP contribution in [0.25, 0.3) is 0 Å². The zero-order valence-electron chi connectivity index (χ0n) is 14.1. The Bertz CT molecular complexity index is 858. The minimum Gasteiger partial charge on any atom is -0.481 e. The van der Waals surface area contributed by atoms with Crippen LogP contribution >= 0.6 is 0 Å². The van der Waals surface area contributed by atoms with Crippen LogP contribution in [0.2, 0.25) is 0 Å². The van der Waals surface area contributed by atoms with Gasteiger partial charge in [-0.25, -0.2) is 12.8 Å². The second-order valence-corrected chi connectivity index (χ2v) is 8.49. The number of anilines is 1. The van der Waals surface area contributed by atoms with Crippen molar-refractivity contribution in [3.05, 3.63) is 29.6 Å². The van der Waals surface area contributed by atoms with Crippen molar-refractivity contribution >= 4 is 27.6 Å². The summed E-state index contributed by atoms with van der Waals surface area (Å²) >= 11 is 0. The van der Waals surface area contributed by atoms with Crippen molar-refractivity contribution in [2.45, 2.75) is 6.42 Å². The number of carbonyl (C=O) groups excluding carboxylic acids is 1. The first-order valence-corrected chi connectivity index (χ1v) is 9.89. The fourth-order valence-corrected chi connectivity index (χ4v) is 4.13. The molecule has 0 spiro atoms. The van der Waals surface area contributed by atoms with Crippen molar-refractivity contribution in [2.75, 3.05) is 37.3 Å². The monoisotopic (exact) mass is 386 g/mol. The summed E-state index contributed by atoms with van der Waals surface area (Å²) in [5.41, 5.74) is -1.29. The molecule has 2 fully saturated rings. The molecule has 142 valence electrons. The zero-order chi connectivity index (χ0) is 19.1. The van der Waals surface area contributed by atoms with Crippen molar-refractivity contribution in [1.29, 1.82) is 0 Å². The molecule has 0 aromatic heterocycles. The van der Waals surface area contributed by atoms with Crippen LogP contribution in [0, 0.1) is 17.2 Å². The number of carbonyl (C=O) groups is 2. The number of aliphatic carboxylic acids is 1. The Balaban J connectivity index is 1.86. The second-order valence-electron chi connectivity index (χ2n) is 6.74. The molecule has 0 unspecified atom stereocenters. The van der Waals surface area contributed by atoms with Crippen molar-refractivity contribution in [2.24, 2.45) is 11.3 Å². The highest BCUT2D eigenvalue weighted by atomic mass is 32.2. The molecule has 1 aromatic carbocycles. The number of benzene rings is 1. The van der Waals surface area contributed by atoms with E-state index in [0.717, 1.165) is 18.4 Å². The summed E-state index contributed by atoms with van der Waals surface area (Å²) in [5, 5.41) is 9.66. The van der Waals surface area contributed by atoms with E-state index in [1.165, 1.54) is 11.0 Å². The fourth-order valence-electron chi connectivity index (χ4n) is 3.57. The summed E-state index contributed by atoms with van der Waals surface area (Å²) in [7, 11) is -3.71. The Morgan fingerprint density at radius 2 is 2.15 bits per heavy atom. The summed E-state index contributed by atoms with van der Waals surface area (Å²) in [6.45, 7) is 0.850. The number of sulfonamides is 1. The Morgan fingerprint density at radius 3 is 2.77 bits per heavy atom. The lowest BCUT2D eigenvalue weighted by Crippen LogP contribution is -2.45. The van der Waals surface area contributed by atoms with Crippen molar-refractivity contribution in [3.8, 4) is 0 Å². The van der Waals surface area contributed by atoms with Gasteiger partial charge in [-0.15, -0.1) is 0 Å². The van der Waals surface area contributed by atoms with Crippen LogP contribution in [-0.2, 0) is 19.6 Å². The van der Waals surface area contributed by atoms with E-state index in [1.54, 1.807) is 0 Å².